The minimum absolute atomic E-state index is 0.0354. The Hall–Kier alpha value is -0.370. The maximum atomic E-state index is 12.7. The van der Waals surface area contributed by atoms with E-state index in [9.17, 15) is 13.5 Å². The number of hydrogen-bond donors (Lipinski definition) is 1. The van der Waals surface area contributed by atoms with E-state index >= 15 is 0 Å². The minimum atomic E-state index is -3.75. The summed E-state index contributed by atoms with van der Waals surface area (Å²) >= 11 is 12.0. The van der Waals surface area contributed by atoms with Crippen LogP contribution in [-0.2, 0) is 21.4 Å². The van der Waals surface area contributed by atoms with Gasteiger partial charge in [0.1, 0.15) is 4.90 Å². The summed E-state index contributed by atoms with van der Waals surface area (Å²) in [5.74, 6) is 0. The molecular weight excluding hydrogens is 337 g/mol. The number of ether oxygens (including phenoxy) is 1. The summed E-state index contributed by atoms with van der Waals surface area (Å²) in [6, 6.07) is 2.68. The molecule has 1 aliphatic rings. The van der Waals surface area contributed by atoms with Crippen LogP contribution >= 0.6 is 23.2 Å². The zero-order valence-corrected chi connectivity index (χ0v) is 13.9. The Kier molecular flexibility index (Phi) is 5.51. The number of sulfonamides is 1. The van der Waals surface area contributed by atoms with E-state index in [2.05, 4.69) is 0 Å². The lowest BCUT2D eigenvalue weighted by molar-refractivity contribution is 0.0752. The average Bonchev–Trinajstić information content (AvgIpc) is 2.63. The fourth-order valence-corrected chi connectivity index (χ4v) is 4.59. The van der Waals surface area contributed by atoms with Crippen molar-refractivity contribution in [2.24, 2.45) is 0 Å². The summed E-state index contributed by atoms with van der Waals surface area (Å²) < 4.78 is 32.3. The Labute approximate surface area is 134 Å². The molecule has 0 spiro atoms. The third-order valence-corrected chi connectivity index (χ3v) is 5.99. The van der Waals surface area contributed by atoms with E-state index in [0.29, 0.717) is 25.1 Å². The molecule has 1 fully saturated rings. The fourth-order valence-electron chi connectivity index (χ4n) is 2.20. The van der Waals surface area contributed by atoms with Crippen molar-refractivity contribution in [1.29, 1.82) is 0 Å². The van der Waals surface area contributed by atoms with E-state index in [-0.39, 0.29) is 34.2 Å². The monoisotopic (exact) mass is 353 g/mol. The van der Waals surface area contributed by atoms with Crippen LogP contribution in [0.4, 0.5) is 0 Å². The molecule has 0 saturated carbocycles. The van der Waals surface area contributed by atoms with Crippen molar-refractivity contribution in [3.8, 4) is 0 Å². The third-order valence-electron chi connectivity index (χ3n) is 3.30. The molecule has 5 nitrogen and oxygen atoms in total. The number of nitrogens with zero attached hydrogens (tertiary/aromatic N) is 1. The second-order valence-corrected chi connectivity index (χ2v) is 7.65. The molecule has 0 amide bonds. The number of benzene rings is 1. The smallest absolute Gasteiger partial charge is 0.244 e. The van der Waals surface area contributed by atoms with Gasteiger partial charge in [-0.1, -0.05) is 23.2 Å². The summed E-state index contributed by atoms with van der Waals surface area (Å²) in [5, 5.41) is 9.54. The first-order valence-corrected chi connectivity index (χ1v) is 8.76. The summed E-state index contributed by atoms with van der Waals surface area (Å²) in [4.78, 5) is -0.0354. The molecule has 0 aliphatic carbocycles. The second-order valence-electron chi connectivity index (χ2n) is 4.93. The summed E-state index contributed by atoms with van der Waals surface area (Å²) in [7, 11) is -3.75. The fraction of sp³-hybridized carbons (Fsp3) is 0.538. The highest BCUT2D eigenvalue weighted by Crippen LogP contribution is 2.31. The van der Waals surface area contributed by atoms with Crippen LogP contribution < -0.4 is 0 Å². The largest absolute Gasteiger partial charge is 0.392 e. The van der Waals surface area contributed by atoms with Gasteiger partial charge in [-0.25, -0.2) is 8.42 Å². The predicted octanol–water partition coefficient (Wildman–Crippen LogP) is 2.29. The molecule has 0 radical (unpaired) electrons. The molecule has 8 heteroatoms. The van der Waals surface area contributed by atoms with Crippen LogP contribution in [0.25, 0.3) is 0 Å². The molecule has 2 rings (SSSR count). The molecule has 1 N–H and O–H groups in total. The maximum absolute atomic E-state index is 12.7. The van der Waals surface area contributed by atoms with Gasteiger partial charge in [0.05, 0.1) is 17.7 Å². The summed E-state index contributed by atoms with van der Waals surface area (Å²) in [6.07, 6.45) is 0.451. The van der Waals surface area contributed by atoms with Gasteiger partial charge in [-0.3, -0.25) is 0 Å². The molecule has 0 aromatic heterocycles. The van der Waals surface area contributed by atoms with Gasteiger partial charge in [-0.05, 0) is 31.0 Å². The predicted molar refractivity (Wildman–Crippen MR) is 81.2 cm³/mol. The lowest BCUT2D eigenvalue weighted by atomic mass is 10.2. The number of aliphatic hydroxyl groups excluding tert-OH is 1. The zero-order valence-electron chi connectivity index (χ0n) is 11.6. The number of rotatable bonds is 3. The van der Waals surface area contributed by atoms with Gasteiger partial charge >= 0.3 is 0 Å². The topological polar surface area (TPSA) is 66.8 Å². The molecule has 21 heavy (non-hydrogen) atoms. The van der Waals surface area contributed by atoms with Crippen molar-refractivity contribution in [1.82, 2.24) is 4.31 Å². The van der Waals surface area contributed by atoms with Gasteiger partial charge in [0.15, 0.2) is 0 Å². The van der Waals surface area contributed by atoms with Gasteiger partial charge in [-0.15, -0.1) is 0 Å². The first-order valence-electron chi connectivity index (χ1n) is 6.56. The lowest BCUT2D eigenvalue weighted by Crippen LogP contribution is -2.36. The Balaban J connectivity index is 2.43. The van der Waals surface area contributed by atoms with Gasteiger partial charge < -0.3 is 9.84 Å². The summed E-state index contributed by atoms with van der Waals surface area (Å²) in [6.45, 7) is 2.66. The molecule has 1 heterocycles. The number of aliphatic hydroxyl groups is 1. The Morgan fingerprint density at radius 1 is 1.38 bits per heavy atom. The highest BCUT2D eigenvalue weighted by Gasteiger charge is 2.30. The van der Waals surface area contributed by atoms with Gasteiger partial charge in [0.2, 0.25) is 10.0 Å². The van der Waals surface area contributed by atoms with Gasteiger partial charge in [0, 0.05) is 24.7 Å². The average molecular weight is 354 g/mol. The van der Waals surface area contributed by atoms with E-state index in [1.54, 1.807) is 0 Å². The van der Waals surface area contributed by atoms with Crippen molar-refractivity contribution in [3.63, 3.8) is 0 Å². The van der Waals surface area contributed by atoms with E-state index in [1.165, 1.54) is 16.4 Å². The molecular formula is C13H17Cl2NO4S. The van der Waals surface area contributed by atoms with Gasteiger partial charge in [-0.2, -0.15) is 4.31 Å². The van der Waals surface area contributed by atoms with Crippen molar-refractivity contribution >= 4 is 33.2 Å². The van der Waals surface area contributed by atoms with Crippen LogP contribution in [0.1, 0.15) is 18.9 Å². The van der Waals surface area contributed by atoms with Crippen LogP contribution in [0.15, 0.2) is 17.0 Å². The minimum Gasteiger partial charge on any atom is -0.392 e. The second kappa shape index (κ2) is 6.81. The van der Waals surface area contributed by atoms with Crippen molar-refractivity contribution in [3.05, 3.63) is 27.7 Å². The molecule has 1 aliphatic heterocycles. The molecule has 1 aromatic carbocycles. The van der Waals surface area contributed by atoms with Crippen LogP contribution in [0.5, 0.6) is 0 Å². The third kappa shape index (κ3) is 3.70. The van der Waals surface area contributed by atoms with E-state index in [4.69, 9.17) is 27.9 Å². The highest BCUT2D eigenvalue weighted by molar-refractivity contribution is 7.89. The molecule has 118 valence electrons. The molecule has 1 atom stereocenters. The van der Waals surface area contributed by atoms with Crippen LogP contribution in [-0.4, -0.2) is 43.6 Å². The number of hydrogen-bond acceptors (Lipinski definition) is 4. The summed E-state index contributed by atoms with van der Waals surface area (Å²) in [5.41, 5.74) is 0.332. The number of halogens is 2. The van der Waals surface area contributed by atoms with E-state index in [0.717, 1.165) is 0 Å². The standard InChI is InChI=1S/C13H17Cl2NO4S/c1-9-7-16(3-2-4-20-9)21(18,19)13-5-10(8-17)11(14)6-12(13)15/h5-6,9,17H,2-4,7-8H2,1H3. The van der Waals surface area contributed by atoms with Crippen molar-refractivity contribution in [2.75, 3.05) is 19.7 Å². The first kappa shape index (κ1) is 17.0. The zero-order chi connectivity index (χ0) is 15.6. The Morgan fingerprint density at radius 3 is 2.76 bits per heavy atom. The quantitative estimate of drug-likeness (QED) is 0.905. The maximum Gasteiger partial charge on any atom is 0.244 e. The molecule has 0 bridgehead atoms. The van der Waals surface area contributed by atoms with Crippen LogP contribution in [0.3, 0.4) is 0 Å². The Bertz CT molecular complexity index is 621. The SMILES string of the molecule is CC1CN(S(=O)(=O)c2cc(CO)c(Cl)cc2Cl)CCCO1. The van der Waals surface area contributed by atoms with E-state index in [1.807, 2.05) is 6.92 Å². The Morgan fingerprint density at radius 2 is 2.10 bits per heavy atom. The highest BCUT2D eigenvalue weighted by atomic mass is 35.5. The van der Waals surface area contributed by atoms with Crippen molar-refractivity contribution in [2.45, 2.75) is 31.0 Å². The van der Waals surface area contributed by atoms with Crippen LogP contribution in [0, 0.1) is 0 Å². The normalized spacial score (nSPS) is 21.2. The van der Waals surface area contributed by atoms with E-state index < -0.39 is 10.0 Å². The molecule has 1 aromatic rings. The lowest BCUT2D eigenvalue weighted by Gasteiger charge is -2.22. The first-order chi connectivity index (χ1) is 9.86. The molecule has 1 unspecified atom stereocenters. The molecule has 1 saturated heterocycles. The van der Waals surface area contributed by atoms with Crippen LogP contribution in [0.2, 0.25) is 10.0 Å². The van der Waals surface area contributed by atoms with Crippen molar-refractivity contribution < 1.29 is 18.3 Å². The van der Waals surface area contributed by atoms with Gasteiger partial charge in [0.25, 0.3) is 0 Å².